The van der Waals surface area contributed by atoms with Crippen LogP contribution in [-0.2, 0) is 21.4 Å². The van der Waals surface area contributed by atoms with Gasteiger partial charge in [0.05, 0.1) is 4.90 Å². The van der Waals surface area contributed by atoms with Crippen molar-refractivity contribution in [1.82, 2.24) is 4.57 Å². The highest BCUT2D eigenvalue weighted by atomic mass is 32.2. The molecule has 2 aromatic carbocycles. The number of aryl methyl sites for hydroxylation is 2. The van der Waals surface area contributed by atoms with Gasteiger partial charge in [0.1, 0.15) is 6.54 Å². The first-order chi connectivity index (χ1) is 13.7. The Bertz CT molecular complexity index is 1200. The maximum Gasteiger partial charge on any atom is 0.261 e. The fraction of sp³-hybridized carbons (Fsp3) is 0.143. The van der Waals surface area contributed by atoms with E-state index in [1.807, 2.05) is 19.9 Å². The van der Waals surface area contributed by atoms with Gasteiger partial charge in [0.2, 0.25) is 5.91 Å². The first-order valence-corrected chi connectivity index (χ1v) is 10.4. The van der Waals surface area contributed by atoms with E-state index in [0.717, 1.165) is 11.1 Å². The normalized spacial score (nSPS) is 11.1. The van der Waals surface area contributed by atoms with Crippen molar-refractivity contribution in [1.29, 1.82) is 0 Å². The molecule has 0 fully saturated rings. The number of hydrogen-bond acceptors (Lipinski definition) is 4. The minimum Gasteiger partial charge on any atom is -0.325 e. The second-order valence-electron chi connectivity index (χ2n) is 6.64. The third-order valence-corrected chi connectivity index (χ3v) is 5.82. The van der Waals surface area contributed by atoms with Crippen molar-refractivity contribution < 1.29 is 13.2 Å². The van der Waals surface area contributed by atoms with Crippen molar-refractivity contribution in [2.75, 3.05) is 10.0 Å². The molecule has 0 radical (unpaired) electrons. The summed E-state index contributed by atoms with van der Waals surface area (Å²) in [5, 5.41) is 2.65. The first kappa shape index (κ1) is 20.3. The van der Waals surface area contributed by atoms with Crippen molar-refractivity contribution >= 4 is 27.3 Å². The summed E-state index contributed by atoms with van der Waals surface area (Å²) < 4.78 is 29.0. The van der Waals surface area contributed by atoms with Gasteiger partial charge in [0.15, 0.2) is 0 Å². The Kier molecular flexibility index (Phi) is 5.84. The second kappa shape index (κ2) is 8.32. The molecule has 1 heterocycles. The summed E-state index contributed by atoms with van der Waals surface area (Å²) in [5.74, 6) is -0.387. The van der Waals surface area contributed by atoms with E-state index >= 15 is 0 Å². The van der Waals surface area contributed by atoms with Gasteiger partial charge in [0, 0.05) is 23.6 Å². The molecule has 1 aromatic heterocycles. The zero-order valence-corrected chi connectivity index (χ0v) is 16.9. The van der Waals surface area contributed by atoms with Crippen molar-refractivity contribution in [2.45, 2.75) is 25.3 Å². The van der Waals surface area contributed by atoms with Crippen LogP contribution in [0.5, 0.6) is 0 Å². The average Bonchev–Trinajstić information content (AvgIpc) is 2.67. The summed E-state index contributed by atoms with van der Waals surface area (Å²) in [6.07, 6.45) is 1.52. The van der Waals surface area contributed by atoms with Gasteiger partial charge in [-0.05, 0) is 67.4 Å². The molecule has 0 spiro atoms. The van der Waals surface area contributed by atoms with Crippen LogP contribution in [0.3, 0.4) is 0 Å². The van der Waals surface area contributed by atoms with Gasteiger partial charge in [-0.25, -0.2) is 8.42 Å². The largest absolute Gasteiger partial charge is 0.325 e. The van der Waals surface area contributed by atoms with Gasteiger partial charge >= 0.3 is 0 Å². The van der Waals surface area contributed by atoms with Crippen LogP contribution in [0, 0.1) is 13.8 Å². The predicted molar refractivity (Wildman–Crippen MR) is 112 cm³/mol. The summed E-state index contributed by atoms with van der Waals surface area (Å²) in [6, 6.07) is 15.8. The zero-order valence-electron chi connectivity index (χ0n) is 16.0. The number of nitrogens with zero attached hydrogens (tertiary/aromatic N) is 1. The van der Waals surface area contributed by atoms with Crippen LogP contribution in [0.1, 0.15) is 11.1 Å². The molecular formula is C21H21N3O4S. The average molecular weight is 411 g/mol. The van der Waals surface area contributed by atoms with Gasteiger partial charge in [-0.1, -0.05) is 12.1 Å². The standard InChI is InChI=1S/C21H21N3O4S/c1-15-6-7-18(13-16(15)2)23-29(27,28)19-10-8-17(9-11-19)22-20(25)14-24-12-4-3-5-21(24)26/h3-13,23H,14H2,1-2H3,(H,22,25). The molecule has 3 rings (SSSR count). The van der Waals surface area contributed by atoms with E-state index in [4.69, 9.17) is 0 Å². The number of sulfonamides is 1. The fourth-order valence-electron chi connectivity index (χ4n) is 2.68. The fourth-order valence-corrected chi connectivity index (χ4v) is 3.73. The molecule has 0 saturated heterocycles. The summed E-state index contributed by atoms with van der Waals surface area (Å²) in [5.41, 5.74) is 2.70. The van der Waals surface area contributed by atoms with E-state index in [2.05, 4.69) is 10.0 Å². The molecule has 8 heteroatoms. The van der Waals surface area contributed by atoms with E-state index in [-0.39, 0.29) is 22.9 Å². The van der Waals surface area contributed by atoms with Crippen molar-refractivity contribution in [3.8, 4) is 0 Å². The number of amides is 1. The Balaban J connectivity index is 1.68. The van der Waals surface area contributed by atoms with Gasteiger partial charge in [-0.15, -0.1) is 0 Å². The monoisotopic (exact) mass is 411 g/mol. The lowest BCUT2D eigenvalue weighted by Gasteiger charge is -2.11. The number of anilines is 2. The lowest BCUT2D eigenvalue weighted by atomic mass is 10.1. The Morgan fingerprint density at radius 2 is 1.62 bits per heavy atom. The van der Waals surface area contributed by atoms with Crippen LogP contribution >= 0.6 is 0 Å². The van der Waals surface area contributed by atoms with E-state index < -0.39 is 10.0 Å². The van der Waals surface area contributed by atoms with E-state index in [9.17, 15) is 18.0 Å². The summed E-state index contributed by atoms with van der Waals surface area (Å²) in [7, 11) is -3.75. The van der Waals surface area contributed by atoms with Crippen LogP contribution in [0.15, 0.2) is 76.6 Å². The Morgan fingerprint density at radius 3 is 2.28 bits per heavy atom. The molecule has 29 heavy (non-hydrogen) atoms. The summed E-state index contributed by atoms with van der Waals surface area (Å²) >= 11 is 0. The molecule has 150 valence electrons. The number of aromatic nitrogens is 1. The van der Waals surface area contributed by atoms with Crippen molar-refractivity contribution in [3.63, 3.8) is 0 Å². The number of rotatable bonds is 6. The molecule has 0 unspecified atom stereocenters. The molecule has 2 N–H and O–H groups in total. The van der Waals surface area contributed by atoms with Gasteiger partial charge in [0.25, 0.3) is 15.6 Å². The maximum absolute atomic E-state index is 12.6. The topological polar surface area (TPSA) is 97.3 Å². The number of benzene rings is 2. The van der Waals surface area contributed by atoms with Gasteiger partial charge < -0.3 is 9.88 Å². The number of carbonyl (C=O) groups is 1. The molecule has 0 bridgehead atoms. The molecule has 0 atom stereocenters. The molecule has 1 amide bonds. The molecule has 3 aromatic rings. The number of nitrogens with one attached hydrogen (secondary N) is 2. The van der Waals surface area contributed by atoms with Crippen LogP contribution in [0.4, 0.5) is 11.4 Å². The molecule has 0 saturated carbocycles. The van der Waals surface area contributed by atoms with Gasteiger partial charge in [-0.3, -0.25) is 14.3 Å². The van der Waals surface area contributed by atoms with Crippen molar-refractivity contribution in [3.05, 3.63) is 88.3 Å². The van der Waals surface area contributed by atoms with E-state index in [1.165, 1.54) is 41.1 Å². The summed E-state index contributed by atoms with van der Waals surface area (Å²) in [4.78, 5) is 23.9. The molecular weight excluding hydrogens is 390 g/mol. The van der Waals surface area contributed by atoms with E-state index in [0.29, 0.717) is 11.4 Å². The van der Waals surface area contributed by atoms with E-state index in [1.54, 1.807) is 24.3 Å². The first-order valence-electron chi connectivity index (χ1n) is 8.90. The smallest absolute Gasteiger partial charge is 0.261 e. The summed E-state index contributed by atoms with van der Waals surface area (Å²) in [6.45, 7) is 3.73. The Labute approximate surface area is 169 Å². The zero-order chi connectivity index (χ0) is 21.0. The lowest BCUT2D eigenvalue weighted by Crippen LogP contribution is -2.26. The maximum atomic E-state index is 12.6. The number of carbonyl (C=O) groups excluding carboxylic acids is 1. The van der Waals surface area contributed by atoms with Crippen molar-refractivity contribution in [2.24, 2.45) is 0 Å². The van der Waals surface area contributed by atoms with Crippen LogP contribution < -0.4 is 15.6 Å². The second-order valence-corrected chi connectivity index (χ2v) is 8.33. The van der Waals surface area contributed by atoms with Gasteiger partial charge in [-0.2, -0.15) is 0 Å². The number of hydrogen-bond donors (Lipinski definition) is 2. The predicted octanol–water partition coefficient (Wildman–Crippen LogP) is 2.90. The highest BCUT2D eigenvalue weighted by molar-refractivity contribution is 7.92. The van der Waals surface area contributed by atoms with Crippen LogP contribution in [0.25, 0.3) is 0 Å². The highest BCUT2D eigenvalue weighted by Crippen LogP contribution is 2.20. The third kappa shape index (κ3) is 5.11. The molecule has 0 aliphatic rings. The minimum absolute atomic E-state index is 0.0769. The third-order valence-electron chi connectivity index (χ3n) is 4.42. The number of pyridine rings is 1. The lowest BCUT2D eigenvalue weighted by molar-refractivity contribution is -0.116. The quantitative estimate of drug-likeness (QED) is 0.652. The Hall–Kier alpha value is -3.39. The molecule has 0 aliphatic carbocycles. The molecule has 7 nitrogen and oxygen atoms in total. The minimum atomic E-state index is -3.75. The van der Waals surface area contributed by atoms with Crippen LogP contribution in [-0.4, -0.2) is 18.9 Å². The Morgan fingerprint density at radius 1 is 0.931 bits per heavy atom. The van der Waals surface area contributed by atoms with Crippen LogP contribution in [0.2, 0.25) is 0 Å². The SMILES string of the molecule is Cc1ccc(NS(=O)(=O)c2ccc(NC(=O)Cn3ccccc3=O)cc2)cc1C. The molecule has 0 aliphatic heterocycles. The highest BCUT2D eigenvalue weighted by Gasteiger charge is 2.15.